The summed E-state index contributed by atoms with van der Waals surface area (Å²) in [6.07, 6.45) is 1.66. The first-order chi connectivity index (χ1) is 7.77. The molecule has 0 saturated carbocycles. The van der Waals surface area contributed by atoms with Crippen LogP contribution in [-0.2, 0) is 6.54 Å². The predicted octanol–water partition coefficient (Wildman–Crippen LogP) is 1.72. The summed E-state index contributed by atoms with van der Waals surface area (Å²) >= 11 is 7.47. The Kier molecular flexibility index (Phi) is 3.52. The molecule has 0 aliphatic carbocycles. The van der Waals surface area contributed by atoms with Crippen molar-refractivity contribution < 1.29 is 0 Å². The fraction of sp³-hybridized carbons (Fsp3) is 0.444. The first-order valence-corrected chi connectivity index (χ1v) is 6.14. The zero-order valence-electron chi connectivity index (χ0n) is 9.01. The van der Waals surface area contributed by atoms with Gasteiger partial charge in [0.15, 0.2) is 0 Å². The molecule has 0 amide bonds. The lowest BCUT2D eigenvalue weighted by atomic mass is 10.1. The second kappa shape index (κ2) is 4.90. The third-order valence-electron chi connectivity index (χ3n) is 2.37. The molecule has 0 aliphatic rings. The minimum Gasteiger partial charge on any atom is -0.307 e. The van der Waals surface area contributed by atoms with Gasteiger partial charge in [-0.2, -0.15) is 5.10 Å². The van der Waals surface area contributed by atoms with Gasteiger partial charge in [-0.25, -0.2) is 0 Å². The average molecular weight is 258 g/mol. The lowest BCUT2D eigenvalue weighted by molar-refractivity contribution is 0.555. The highest BCUT2D eigenvalue weighted by Gasteiger charge is 2.22. The minimum atomic E-state index is -0.0614. The van der Waals surface area contributed by atoms with Crippen LogP contribution in [-0.4, -0.2) is 26.4 Å². The molecule has 0 fully saturated rings. The van der Waals surface area contributed by atoms with E-state index in [-0.39, 0.29) is 6.04 Å². The van der Waals surface area contributed by atoms with E-state index >= 15 is 0 Å². The van der Waals surface area contributed by atoms with Crippen LogP contribution in [0.4, 0.5) is 0 Å². The molecule has 0 aliphatic heterocycles. The Morgan fingerprint density at radius 2 is 2.44 bits per heavy atom. The molecule has 7 heteroatoms. The number of aryl methyl sites for hydroxylation is 1. The van der Waals surface area contributed by atoms with Gasteiger partial charge in [0.2, 0.25) is 0 Å². The molecule has 1 atom stereocenters. The van der Waals surface area contributed by atoms with Crippen LogP contribution in [0.5, 0.6) is 0 Å². The summed E-state index contributed by atoms with van der Waals surface area (Å²) in [4.78, 5) is 0. The van der Waals surface area contributed by atoms with E-state index in [0.29, 0.717) is 5.02 Å². The van der Waals surface area contributed by atoms with Crippen molar-refractivity contribution in [1.29, 1.82) is 0 Å². The number of hydrogen-bond acceptors (Lipinski definition) is 5. The fourth-order valence-electron chi connectivity index (χ4n) is 1.63. The molecule has 2 rings (SSSR count). The van der Waals surface area contributed by atoms with Crippen LogP contribution in [0.25, 0.3) is 0 Å². The second-order valence-electron chi connectivity index (χ2n) is 3.24. The second-order valence-corrected chi connectivity index (χ2v) is 4.26. The highest BCUT2D eigenvalue weighted by Crippen LogP contribution is 2.27. The molecule has 5 nitrogen and oxygen atoms in total. The normalized spacial score (nSPS) is 12.9. The number of nitrogens with zero attached hydrogens (tertiary/aromatic N) is 4. The Hall–Kier alpha value is -0.980. The van der Waals surface area contributed by atoms with Crippen LogP contribution in [0.15, 0.2) is 11.6 Å². The van der Waals surface area contributed by atoms with Gasteiger partial charge < -0.3 is 5.32 Å². The Bertz CT molecular complexity index is 452. The topological polar surface area (TPSA) is 55.6 Å². The maximum Gasteiger partial charge on any atom is 0.0986 e. The van der Waals surface area contributed by atoms with E-state index in [1.807, 2.05) is 24.0 Å². The van der Waals surface area contributed by atoms with Gasteiger partial charge >= 0.3 is 0 Å². The number of nitrogens with one attached hydrogen (secondary N) is 1. The van der Waals surface area contributed by atoms with Crippen LogP contribution >= 0.6 is 23.1 Å². The predicted molar refractivity (Wildman–Crippen MR) is 63.7 cm³/mol. The molecule has 0 saturated heterocycles. The van der Waals surface area contributed by atoms with Gasteiger partial charge in [-0.1, -0.05) is 16.1 Å². The Balaban J connectivity index is 2.44. The Labute approximate surface area is 103 Å². The van der Waals surface area contributed by atoms with Gasteiger partial charge in [-0.05, 0) is 25.5 Å². The molecule has 0 aromatic carbocycles. The third-order valence-corrected chi connectivity index (χ3v) is 3.18. The molecule has 1 unspecified atom stereocenters. The molecule has 2 aromatic heterocycles. The van der Waals surface area contributed by atoms with Crippen LogP contribution in [0.3, 0.4) is 0 Å². The molecule has 1 N–H and O–H groups in total. The van der Waals surface area contributed by atoms with Crippen molar-refractivity contribution in [3.8, 4) is 0 Å². The first-order valence-electron chi connectivity index (χ1n) is 4.93. The summed E-state index contributed by atoms with van der Waals surface area (Å²) in [6.45, 7) is 2.80. The largest absolute Gasteiger partial charge is 0.307 e. The summed E-state index contributed by atoms with van der Waals surface area (Å²) in [5.41, 5.74) is 1.80. The van der Waals surface area contributed by atoms with Crippen LogP contribution in [0.2, 0.25) is 5.02 Å². The lowest BCUT2D eigenvalue weighted by Gasteiger charge is -2.15. The number of halogens is 1. The summed E-state index contributed by atoms with van der Waals surface area (Å²) in [5, 5.41) is 14.0. The van der Waals surface area contributed by atoms with E-state index < -0.39 is 0 Å². The van der Waals surface area contributed by atoms with Gasteiger partial charge in [0, 0.05) is 11.9 Å². The summed E-state index contributed by atoms with van der Waals surface area (Å²) < 4.78 is 5.73. The SMILES string of the molecule is CCn1ncc(Cl)c1C(NC)c1csnn1. The standard InChI is InChI=1S/C9H12ClN5S/c1-3-15-9(6(10)4-12-15)8(11-2)7-5-16-14-13-7/h4-5,8,11H,3H2,1-2H3. The van der Waals surface area contributed by atoms with Crippen molar-refractivity contribution in [3.63, 3.8) is 0 Å². The van der Waals surface area contributed by atoms with E-state index in [9.17, 15) is 0 Å². The highest BCUT2D eigenvalue weighted by molar-refractivity contribution is 7.03. The molecule has 0 spiro atoms. The quantitative estimate of drug-likeness (QED) is 0.906. The van der Waals surface area contributed by atoms with Crippen LogP contribution in [0, 0.1) is 0 Å². The third kappa shape index (κ3) is 1.95. The monoisotopic (exact) mass is 257 g/mol. The summed E-state index contributed by atoms with van der Waals surface area (Å²) in [6, 6.07) is -0.0614. The minimum absolute atomic E-state index is 0.0614. The molecule has 0 bridgehead atoms. The van der Waals surface area contributed by atoms with Gasteiger partial charge in [0.25, 0.3) is 0 Å². The first kappa shape index (κ1) is 11.5. The van der Waals surface area contributed by atoms with Gasteiger partial charge in [0.05, 0.1) is 28.6 Å². The van der Waals surface area contributed by atoms with E-state index in [2.05, 4.69) is 20.0 Å². The zero-order chi connectivity index (χ0) is 11.5. The number of aromatic nitrogens is 4. The molecule has 86 valence electrons. The fourth-order valence-corrected chi connectivity index (χ4v) is 2.36. The maximum atomic E-state index is 6.15. The van der Waals surface area contributed by atoms with Crippen molar-refractivity contribution in [2.45, 2.75) is 19.5 Å². The zero-order valence-corrected chi connectivity index (χ0v) is 10.6. The highest BCUT2D eigenvalue weighted by atomic mass is 35.5. The van der Waals surface area contributed by atoms with Crippen LogP contribution in [0.1, 0.15) is 24.4 Å². The molecule has 0 radical (unpaired) electrons. The van der Waals surface area contributed by atoms with E-state index in [4.69, 9.17) is 11.6 Å². The van der Waals surface area contributed by atoms with Crippen molar-refractivity contribution in [3.05, 3.63) is 28.0 Å². The van der Waals surface area contributed by atoms with Gasteiger partial charge in [-0.3, -0.25) is 4.68 Å². The van der Waals surface area contributed by atoms with E-state index in [1.54, 1.807) is 6.20 Å². The van der Waals surface area contributed by atoms with Crippen LogP contribution < -0.4 is 5.32 Å². The molecular weight excluding hydrogens is 246 g/mol. The molecule has 2 heterocycles. The Morgan fingerprint density at radius 1 is 1.62 bits per heavy atom. The molecular formula is C9H12ClN5S. The number of rotatable bonds is 4. The molecule has 16 heavy (non-hydrogen) atoms. The smallest absolute Gasteiger partial charge is 0.0986 e. The summed E-state index contributed by atoms with van der Waals surface area (Å²) in [5.74, 6) is 0. The van der Waals surface area contributed by atoms with Crippen molar-refractivity contribution in [2.75, 3.05) is 7.05 Å². The van der Waals surface area contributed by atoms with E-state index in [1.165, 1.54) is 11.5 Å². The van der Waals surface area contributed by atoms with E-state index in [0.717, 1.165) is 17.9 Å². The van der Waals surface area contributed by atoms with Gasteiger partial charge in [0.1, 0.15) is 0 Å². The Morgan fingerprint density at radius 3 is 3.00 bits per heavy atom. The van der Waals surface area contributed by atoms with Crippen molar-refractivity contribution in [2.24, 2.45) is 0 Å². The summed E-state index contributed by atoms with van der Waals surface area (Å²) in [7, 11) is 1.87. The number of hydrogen-bond donors (Lipinski definition) is 1. The van der Waals surface area contributed by atoms with Crippen molar-refractivity contribution >= 4 is 23.1 Å². The lowest BCUT2D eigenvalue weighted by Crippen LogP contribution is -2.22. The maximum absolute atomic E-state index is 6.15. The molecule has 2 aromatic rings. The average Bonchev–Trinajstić information content (AvgIpc) is 2.91. The van der Waals surface area contributed by atoms with Crippen molar-refractivity contribution in [1.82, 2.24) is 24.7 Å². The van der Waals surface area contributed by atoms with Gasteiger partial charge in [-0.15, -0.1) is 5.10 Å².